The molecule has 25 heavy (non-hydrogen) atoms. The standard InChI is InChI=1S/C18H10Cl2N2O2S/c19-10-3-5-13(20)12(8-10)18-22-14-9-11(4-6-15(14)24-18)21-17(23)16-2-1-7-25-16/h1-9H,(H,21,23). The number of carbonyl (C=O) groups excluding carboxylic acids is 1. The summed E-state index contributed by atoms with van der Waals surface area (Å²) in [6.07, 6.45) is 0. The first-order valence-corrected chi connectivity index (χ1v) is 8.94. The number of nitrogens with one attached hydrogen (secondary N) is 1. The van der Waals surface area contributed by atoms with E-state index in [1.54, 1.807) is 42.5 Å². The number of benzene rings is 2. The van der Waals surface area contributed by atoms with Gasteiger partial charge in [0.1, 0.15) is 5.52 Å². The zero-order valence-electron chi connectivity index (χ0n) is 12.6. The molecule has 2 aromatic heterocycles. The molecule has 4 nitrogen and oxygen atoms in total. The van der Waals surface area contributed by atoms with Gasteiger partial charge in [0.2, 0.25) is 5.89 Å². The van der Waals surface area contributed by atoms with Crippen LogP contribution in [-0.2, 0) is 0 Å². The highest BCUT2D eigenvalue weighted by atomic mass is 35.5. The number of halogens is 2. The molecule has 0 fully saturated rings. The maximum Gasteiger partial charge on any atom is 0.265 e. The number of carbonyl (C=O) groups is 1. The Balaban J connectivity index is 1.68. The van der Waals surface area contributed by atoms with Crippen molar-refractivity contribution >= 4 is 57.2 Å². The first-order chi connectivity index (χ1) is 12.1. The highest BCUT2D eigenvalue weighted by Gasteiger charge is 2.14. The van der Waals surface area contributed by atoms with Crippen LogP contribution in [0.4, 0.5) is 5.69 Å². The molecule has 0 aliphatic heterocycles. The lowest BCUT2D eigenvalue weighted by atomic mass is 10.2. The third-order valence-corrected chi connectivity index (χ3v) is 4.98. The minimum Gasteiger partial charge on any atom is -0.436 e. The van der Waals surface area contributed by atoms with Crippen molar-refractivity contribution in [3.8, 4) is 11.5 Å². The zero-order valence-corrected chi connectivity index (χ0v) is 15.0. The molecule has 0 bridgehead atoms. The Morgan fingerprint density at radius 1 is 1.12 bits per heavy atom. The Labute approximate surface area is 157 Å². The van der Waals surface area contributed by atoms with Crippen LogP contribution in [0.15, 0.2) is 58.3 Å². The maximum absolute atomic E-state index is 12.1. The molecule has 4 rings (SSSR count). The smallest absolute Gasteiger partial charge is 0.265 e. The monoisotopic (exact) mass is 388 g/mol. The largest absolute Gasteiger partial charge is 0.436 e. The highest BCUT2D eigenvalue weighted by molar-refractivity contribution is 7.12. The Kier molecular flexibility index (Phi) is 4.21. The first-order valence-electron chi connectivity index (χ1n) is 7.31. The van der Waals surface area contributed by atoms with Gasteiger partial charge in [-0.25, -0.2) is 4.98 Å². The second kappa shape index (κ2) is 6.52. The quantitative estimate of drug-likeness (QED) is 0.460. The number of thiophene rings is 1. The molecule has 0 atom stereocenters. The second-order valence-corrected chi connectivity index (χ2v) is 7.05. The fourth-order valence-corrected chi connectivity index (χ4v) is 3.37. The molecule has 1 N–H and O–H groups in total. The second-order valence-electron chi connectivity index (χ2n) is 5.26. The van der Waals surface area contributed by atoms with Crippen molar-refractivity contribution in [2.45, 2.75) is 0 Å². The lowest BCUT2D eigenvalue weighted by Crippen LogP contribution is -2.09. The first kappa shape index (κ1) is 16.1. The molecule has 0 aliphatic carbocycles. The van der Waals surface area contributed by atoms with E-state index in [4.69, 9.17) is 27.6 Å². The Morgan fingerprint density at radius 3 is 2.80 bits per heavy atom. The van der Waals surface area contributed by atoms with Gasteiger partial charge in [-0.05, 0) is 47.8 Å². The summed E-state index contributed by atoms with van der Waals surface area (Å²) in [6.45, 7) is 0. The van der Waals surface area contributed by atoms with Crippen LogP contribution in [0, 0.1) is 0 Å². The van der Waals surface area contributed by atoms with Crippen LogP contribution in [0.25, 0.3) is 22.6 Å². The van der Waals surface area contributed by atoms with Crippen molar-refractivity contribution < 1.29 is 9.21 Å². The molecule has 7 heteroatoms. The zero-order chi connectivity index (χ0) is 17.4. The average Bonchev–Trinajstić information content (AvgIpc) is 3.26. The summed E-state index contributed by atoms with van der Waals surface area (Å²) >= 11 is 13.6. The normalized spacial score (nSPS) is 11.0. The molecule has 0 radical (unpaired) electrons. The fourth-order valence-electron chi connectivity index (χ4n) is 2.38. The summed E-state index contributed by atoms with van der Waals surface area (Å²) in [5, 5.41) is 5.76. The maximum atomic E-state index is 12.1. The number of amides is 1. The molecule has 2 aromatic carbocycles. The molecule has 0 spiro atoms. The van der Waals surface area contributed by atoms with Gasteiger partial charge >= 0.3 is 0 Å². The summed E-state index contributed by atoms with van der Waals surface area (Å²) in [6, 6.07) is 14.0. The lowest BCUT2D eigenvalue weighted by Gasteiger charge is -2.02. The summed E-state index contributed by atoms with van der Waals surface area (Å²) in [4.78, 5) is 17.2. The van der Waals surface area contributed by atoms with E-state index in [9.17, 15) is 4.79 Å². The van der Waals surface area contributed by atoms with Crippen LogP contribution >= 0.6 is 34.5 Å². The summed E-state index contributed by atoms with van der Waals surface area (Å²) in [5.41, 5.74) is 2.48. The SMILES string of the molecule is O=C(Nc1ccc2oc(-c3cc(Cl)ccc3Cl)nc2c1)c1cccs1. The van der Waals surface area contributed by atoms with Crippen LogP contribution in [0.1, 0.15) is 9.67 Å². The van der Waals surface area contributed by atoms with Crippen LogP contribution in [0.2, 0.25) is 10.0 Å². The molecule has 4 aromatic rings. The molecule has 1 amide bonds. The molecule has 2 heterocycles. The summed E-state index contributed by atoms with van der Waals surface area (Å²) in [5.74, 6) is 0.222. The van der Waals surface area contributed by atoms with Gasteiger partial charge in [-0.3, -0.25) is 4.79 Å². The van der Waals surface area contributed by atoms with Crippen molar-refractivity contribution in [1.29, 1.82) is 0 Å². The molecular formula is C18H10Cl2N2O2S. The number of nitrogens with zero attached hydrogens (tertiary/aromatic N) is 1. The van der Waals surface area contributed by atoms with Gasteiger partial charge in [0, 0.05) is 10.7 Å². The molecule has 0 saturated carbocycles. The van der Waals surface area contributed by atoms with E-state index in [0.717, 1.165) is 0 Å². The molecular weight excluding hydrogens is 379 g/mol. The third-order valence-electron chi connectivity index (χ3n) is 3.55. The Bertz CT molecular complexity index is 1070. The minimum atomic E-state index is -0.157. The van der Waals surface area contributed by atoms with Crippen molar-refractivity contribution in [2.24, 2.45) is 0 Å². The van der Waals surface area contributed by atoms with E-state index in [-0.39, 0.29) is 5.91 Å². The fraction of sp³-hybridized carbons (Fsp3) is 0. The molecule has 0 saturated heterocycles. The van der Waals surface area contributed by atoms with E-state index in [2.05, 4.69) is 10.3 Å². The summed E-state index contributed by atoms with van der Waals surface area (Å²) < 4.78 is 5.76. The van der Waals surface area contributed by atoms with Crippen LogP contribution in [0.3, 0.4) is 0 Å². The van der Waals surface area contributed by atoms with E-state index < -0.39 is 0 Å². The number of rotatable bonds is 3. The third kappa shape index (κ3) is 3.26. The van der Waals surface area contributed by atoms with Crippen LogP contribution < -0.4 is 5.32 Å². The minimum absolute atomic E-state index is 0.157. The van der Waals surface area contributed by atoms with E-state index in [1.807, 2.05) is 11.4 Å². The number of oxazole rings is 1. The van der Waals surface area contributed by atoms with Crippen molar-refractivity contribution in [1.82, 2.24) is 4.98 Å². The number of fused-ring (bicyclic) bond motifs is 1. The predicted molar refractivity (Wildman–Crippen MR) is 102 cm³/mol. The van der Waals surface area contributed by atoms with Crippen molar-refractivity contribution in [2.75, 3.05) is 5.32 Å². The van der Waals surface area contributed by atoms with Crippen molar-refractivity contribution in [3.05, 3.63) is 68.8 Å². The van der Waals surface area contributed by atoms with Gasteiger partial charge in [-0.2, -0.15) is 0 Å². The van der Waals surface area contributed by atoms with E-state index in [1.165, 1.54) is 11.3 Å². The van der Waals surface area contributed by atoms with Gasteiger partial charge in [0.15, 0.2) is 5.58 Å². The van der Waals surface area contributed by atoms with Gasteiger partial charge in [0.25, 0.3) is 5.91 Å². The van der Waals surface area contributed by atoms with Gasteiger partial charge in [-0.1, -0.05) is 29.3 Å². The predicted octanol–water partition coefficient (Wildman–Crippen LogP) is 6.12. The molecule has 0 unspecified atom stereocenters. The average molecular weight is 389 g/mol. The van der Waals surface area contributed by atoms with Crippen LogP contribution in [-0.4, -0.2) is 10.9 Å². The summed E-state index contributed by atoms with van der Waals surface area (Å²) in [7, 11) is 0. The molecule has 124 valence electrons. The Hall–Kier alpha value is -2.34. The number of aromatic nitrogens is 1. The van der Waals surface area contributed by atoms with Crippen molar-refractivity contribution in [3.63, 3.8) is 0 Å². The van der Waals surface area contributed by atoms with Gasteiger partial charge in [0.05, 0.1) is 15.5 Å². The molecule has 0 aliphatic rings. The highest BCUT2D eigenvalue weighted by Crippen LogP contribution is 2.32. The topological polar surface area (TPSA) is 55.1 Å². The Morgan fingerprint density at radius 2 is 2.00 bits per heavy atom. The van der Waals surface area contributed by atoms with Gasteiger partial charge < -0.3 is 9.73 Å². The van der Waals surface area contributed by atoms with Gasteiger partial charge in [-0.15, -0.1) is 11.3 Å². The van der Waals surface area contributed by atoms with E-state index in [0.29, 0.717) is 43.2 Å². The van der Waals surface area contributed by atoms with Crippen LogP contribution in [0.5, 0.6) is 0 Å². The number of anilines is 1. The number of hydrogen-bond donors (Lipinski definition) is 1. The van der Waals surface area contributed by atoms with E-state index >= 15 is 0 Å². The lowest BCUT2D eigenvalue weighted by molar-refractivity contribution is 0.103. The number of hydrogen-bond acceptors (Lipinski definition) is 4.